The minimum atomic E-state index is -3.48. The first-order valence-corrected chi connectivity index (χ1v) is 11.8. The van der Waals surface area contributed by atoms with E-state index in [2.05, 4.69) is 9.62 Å². The Morgan fingerprint density at radius 1 is 1.08 bits per heavy atom. The molecule has 0 saturated carbocycles. The molecule has 0 unspecified atom stereocenters. The Morgan fingerprint density at radius 2 is 1.76 bits per heavy atom. The zero-order chi connectivity index (χ0) is 18.5. The van der Waals surface area contributed by atoms with Gasteiger partial charge in [-0.1, -0.05) is 24.6 Å². The van der Waals surface area contributed by atoms with Crippen LogP contribution in [-0.4, -0.2) is 65.4 Å². The molecule has 1 N–H and O–H groups in total. The predicted molar refractivity (Wildman–Crippen MR) is 101 cm³/mol. The fourth-order valence-corrected chi connectivity index (χ4v) is 5.44. The van der Waals surface area contributed by atoms with Gasteiger partial charge in [0.1, 0.15) is 0 Å². The summed E-state index contributed by atoms with van der Waals surface area (Å²) >= 11 is 5.99. The van der Waals surface area contributed by atoms with E-state index >= 15 is 0 Å². The summed E-state index contributed by atoms with van der Waals surface area (Å²) in [6.45, 7) is 3.55. The van der Waals surface area contributed by atoms with E-state index in [0.717, 1.165) is 5.69 Å². The van der Waals surface area contributed by atoms with Crippen LogP contribution >= 0.6 is 11.6 Å². The number of rotatable bonds is 8. The lowest BCUT2D eigenvalue weighted by Gasteiger charge is -2.35. The minimum absolute atomic E-state index is 0.00531. The van der Waals surface area contributed by atoms with E-state index in [1.54, 1.807) is 13.0 Å². The van der Waals surface area contributed by atoms with Gasteiger partial charge in [-0.05, 0) is 24.6 Å². The second-order valence-electron chi connectivity index (χ2n) is 5.90. The SMILES string of the molecule is CCCS(=O)(=O)NCCS(=O)(=O)N1CCN(c2cccc(Cl)c2)CC1. The molecule has 7 nitrogen and oxygen atoms in total. The van der Waals surface area contributed by atoms with Gasteiger partial charge < -0.3 is 4.90 Å². The molecular formula is C15H24ClN3O4S2. The zero-order valence-corrected chi connectivity index (χ0v) is 16.6. The third-order valence-corrected chi connectivity index (χ3v) is 7.66. The first-order chi connectivity index (χ1) is 11.7. The Bertz CT molecular complexity index is 776. The van der Waals surface area contributed by atoms with Crippen molar-refractivity contribution < 1.29 is 16.8 Å². The summed E-state index contributed by atoms with van der Waals surface area (Å²) in [7, 11) is -6.87. The number of halogens is 1. The van der Waals surface area contributed by atoms with E-state index in [1.165, 1.54) is 4.31 Å². The molecule has 0 atom stereocenters. The van der Waals surface area contributed by atoms with Crippen molar-refractivity contribution in [3.63, 3.8) is 0 Å². The van der Waals surface area contributed by atoms with Crippen molar-refractivity contribution in [2.45, 2.75) is 13.3 Å². The Labute approximate surface area is 155 Å². The molecule has 0 aliphatic carbocycles. The predicted octanol–water partition coefficient (Wildman–Crippen LogP) is 1.12. The molecule has 1 fully saturated rings. The van der Waals surface area contributed by atoms with Gasteiger partial charge in [-0.3, -0.25) is 0 Å². The van der Waals surface area contributed by atoms with E-state index in [4.69, 9.17) is 11.6 Å². The molecule has 0 radical (unpaired) electrons. The van der Waals surface area contributed by atoms with Crippen LogP contribution in [0, 0.1) is 0 Å². The van der Waals surface area contributed by atoms with Gasteiger partial charge in [0.15, 0.2) is 0 Å². The lowest BCUT2D eigenvalue weighted by Crippen LogP contribution is -2.50. The smallest absolute Gasteiger partial charge is 0.215 e. The van der Waals surface area contributed by atoms with Crippen LogP contribution in [0.5, 0.6) is 0 Å². The molecule has 1 saturated heterocycles. The second kappa shape index (κ2) is 8.68. The summed E-state index contributed by atoms with van der Waals surface area (Å²) < 4.78 is 51.7. The maximum atomic E-state index is 12.4. The standard InChI is InChI=1S/C15H24ClN3O4S2/c1-2-11-24(20,21)17-6-12-25(22,23)19-9-7-18(8-10-19)15-5-3-4-14(16)13-15/h3-5,13,17H,2,6-12H2,1H3. The van der Waals surface area contributed by atoms with Gasteiger partial charge in [0.2, 0.25) is 20.0 Å². The highest BCUT2D eigenvalue weighted by Crippen LogP contribution is 2.21. The number of nitrogens with zero attached hydrogens (tertiary/aromatic N) is 2. The minimum Gasteiger partial charge on any atom is -0.369 e. The molecule has 1 aromatic carbocycles. The van der Waals surface area contributed by atoms with Crippen molar-refractivity contribution in [1.29, 1.82) is 0 Å². The summed E-state index contributed by atoms with van der Waals surface area (Å²) in [6.07, 6.45) is 0.494. The summed E-state index contributed by atoms with van der Waals surface area (Å²) in [6, 6.07) is 7.46. The summed E-state index contributed by atoms with van der Waals surface area (Å²) in [5.74, 6) is -0.224. The Morgan fingerprint density at radius 3 is 2.36 bits per heavy atom. The third kappa shape index (κ3) is 6.10. The van der Waals surface area contributed by atoms with E-state index in [1.807, 2.05) is 18.2 Å². The van der Waals surface area contributed by atoms with Crippen molar-refractivity contribution >= 4 is 37.3 Å². The molecule has 0 aromatic heterocycles. The number of hydrogen-bond acceptors (Lipinski definition) is 5. The van der Waals surface area contributed by atoms with Crippen LogP contribution in [0.1, 0.15) is 13.3 Å². The van der Waals surface area contributed by atoms with Gasteiger partial charge in [0.05, 0.1) is 11.5 Å². The Hall–Kier alpha value is -0.870. The molecule has 0 amide bonds. The van der Waals surface area contributed by atoms with Crippen molar-refractivity contribution in [1.82, 2.24) is 9.03 Å². The normalized spacial score (nSPS) is 17.0. The number of sulfonamides is 2. The van der Waals surface area contributed by atoms with Crippen LogP contribution in [-0.2, 0) is 20.0 Å². The Kier molecular flexibility index (Phi) is 7.10. The molecule has 2 rings (SSSR count). The van der Waals surface area contributed by atoms with Crippen molar-refractivity contribution in [3.8, 4) is 0 Å². The number of benzene rings is 1. The number of hydrogen-bond donors (Lipinski definition) is 1. The topological polar surface area (TPSA) is 86.8 Å². The second-order valence-corrected chi connectivity index (χ2v) is 10.3. The number of nitrogens with one attached hydrogen (secondary N) is 1. The molecule has 25 heavy (non-hydrogen) atoms. The molecule has 1 aromatic rings. The molecule has 1 aliphatic rings. The molecule has 0 bridgehead atoms. The summed E-state index contributed by atoms with van der Waals surface area (Å²) in [5.41, 5.74) is 0.969. The van der Waals surface area contributed by atoms with E-state index in [9.17, 15) is 16.8 Å². The fraction of sp³-hybridized carbons (Fsp3) is 0.600. The van der Waals surface area contributed by atoms with Gasteiger partial charge >= 0.3 is 0 Å². The van der Waals surface area contributed by atoms with Crippen LogP contribution in [0.3, 0.4) is 0 Å². The molecule has 0 spiro atoms. The molecule has 142 valence electrons. The number of anilines is 1. The monoisotopic (exact) mass is 409 g/mol. The maximum Gasteiger partial charge on any atom is 0.215 e. The lowest BCUT2D eigenvalue weighted by atomic mass is 10.2. The lowest BCUT2D eigenvalue weighted by molar-refractivity contribution is 0.385. The highest BCUT2D eigenvalue weighted by molar-refractivity contribution is 7.90. The van der Waals surface area contributed by atoms with Gasteiger partial charge in [-0.2, -0.15) is 4.31 Å². The quantitative estimate of drug-likeness (QED) is 0.695. The fourth-order valence-electron chi connectivity index (χ4n) is 2.69. The average molecular weight is 410 g/mol. The highest BCUT2D eigenvalue weighted by atomic mass is 35.5. The van der Waals surface area contributed by atoms with Crippen LogP contribution in [0.15, 0.2) is 24.3 Å². The summed E-state index contributed by atoms with van der Waals surface area (Å²) in [5, 5.41) is 0.645. The van der Waals surface area contributed by atoms with E-state index in [-0.39, 0.29) is 18.1 Å². The van der Waals surface area contributed by atoms with Crippen molar-refractivity contribution in [2.75, 3.05) is 49.1 Å². The van der Waals surface area contributed by atoms with Gasteiger partial charge in [0, 0.05) is 43.4 Å². The molecular weight excluding hydrogens is 386 g/mol. The van der Waals surface area contributed by atoms with Crippen LogP contribution in [0.2, 0.25) is 5.02 Å². The first-order valence-electron chi connectivity index (χ1n) is 8.19. The summed E-state index contributed by atoms with van der Waals surface area (Å²) in [4.78, 5) is 2.09. The maximum absolute atomic E-state index is 12.4. The highest BCUT2D eigenvalue weighted by Gasteiger charge is 2.27. The van der Waals surface area contributed by atoms with Gasteiger partial charge in [-0.25, -0.2) is 21.6 Å². The van der Waals surface area contributed by atoms with E-state index in [0.29, 0.717) is 37.6 Å². The van der Waals surface area contributed by atoms with Crippen molar-refractivity contribution in [2.24, 2.45) is 0 Å². The van der Waals surface area contributed by atoms with Crippen LogP contribution in [0.25, 0.3) is 0 Å². The van der Waals surface area contributed by atoms with Gasteiger partial charge in [0.25, 0.3) is 0 Å². The zero-order valence-electron chi connectivity index (χ0n) is 14.2. The van der Waals surface area contributed by atoms with Crippen LogP contribution in [0.4, 0.5) is 5.69 Å². The average Bonchev–Trinajstić information content (AvgIpc) is 2.54. The largest absolute Gasteiger partial charge is 0.369 e. The first kappa shape index (κ1) is 20.4. The third-order valence-electron chi connectivity index (χ3n) is 3.96. The molecule has 1 aliphatic heterocycles. The Balaban J connectivity index is 1.86. The van der Waals surface area contributed by atoms with E-state index < -0.39 is 20.0 Å². The molecule has 1 heterocycles. The van der Waals surface area contributed by atoms with Gasteiger partial charge in [-0.15, -0.1) is 0 Å². The van der Waals surface area contributed by atoms with Crippen molar-refractivity contribution in [3.05, 3.63) is 29.3 Å². The molecule has 10 heteroatoms. The number of piperazine rings is 1. The van der Waals surface area contributed by atoms with Crippen LogP contribution < -0.4 is 9.62 Å².